The van der Waals surface area contributed by atoms with E-state index in [1.54, 1.807) is 0 Å². The normalized spacial score (nSPS) is 17.6. The molecule has 0 spiro atoms. The van der Waals surface area contributed by atoms with Crippen LogP contribution in [0, 0.1) is 5.82 Å². The van der Waals surface area contributed by atoms with Crippen LogP contribution in [0.15, 0.2) is 41.3 Å². The van der Waals surface area contributed by atoms with E-state index in [1.165, 1.54) is 23.5 Å². The zero-order valence-electron chi connectivity index (χ0n) is 15.4. The average Bonchev–Trinajstić information content (AvgIpc) is 3.16. The average molecular weight is 408 g/mol. The van der Waals surface area contributed by atoms with Crippen LogP contribution in [0.2, 0.25) is 0 Å². The van der Waals surface area contributed by atoms with E-state index in [2.05, 4.69) is 4.90 Å². The Morgan fingerprint density at radius 1 is 1.04 bits per heavy atom. The van der Waals surface area contributed by atoms with E-state index in [-0.39, 0.29) is 17.4 Å². The predicted molar refractivity (Wildman–Crippen MR) is 99.6 cm³/mol. The fraction of sp³-hybridized carbons (Fsp3) is 0.368. The molecular formula is C19H21FN2O5S. The van der Waals surface area contributed by atoms with Crippen LogP contribution in [-0.2, 0) is 16.6 Å². The third-order valence-corrected chi connectivity index (χ3v) is 6.83. The molecule has 0 radical (unpaired) electrons. The molecule has 1 saturated heterocycles. The third kappa shape index (κ3) is 3.65. The molecule has 150 valence electrons. The van der Waals surface area contributed by atoms with Gasteiger partial charge in [0.05, 0.1) is 12.0 Å². The van der Waals surface area contributed by atoms with Gasteiger partial charge in [-0.25, -0.2) is 12.8 Å². The van der Waals surface area contributed by atoms with Crippen molar-refractivity contribution in [2.75, 3.05) is 40.1 Å². The molecule has 9 heteroatoms. The van der Waals surface area contributed by atoms with E-state index in [4.69, 9.17) is 14.2 Å². The van der Waals surface area contributed by atoms with Crippen molar-refractivity contribution in [1.82, 2.24) is 9.21 Å². The number of hydrogen-bond donors (Lipinski definition) is 0. The van der Waals surface area contributed by atoms with E-state index in [0.29, 0.717) is 32.7 Å². The first kappa shape index (κ1) is 19.0. The van der Waals surface area contributed by atoms with Gasteiger partial charge in [-0.05, 0) is 29.8 Å². The second-order valence-electron chi connectivity index (χ2n) is 6.66. The number of benzene rings is 2. The zero-order chi connectivity index (χ0) is 19.7. The Morgan fingerprint density at radius 2 is 1.79 bits per heavy atom. The first-order valence-electron chi connectivity index (χ1n) is 8.92. The molecular weight excluding hydrogens is 387 g/mol. The highest BCUT2D eigenvalue weighted by Gasteiger charge is 2.29. The van der Waals surface area contributed by atoms with Gasteiger partial charge in [0.2, 0.25) is 16.8 Å². The van der Waals surface area contributed by atoms with Gasteiger partial charge in [-0.2, -0.15) is 4.31 Å². The number of hydrogen-bond acceptors (Lipinski definition) is 6. The fourth-order valence-electron chi connectivity index (χ4n) is 3.38. The van der Waals surface area contributed by atoms with Crippen LogP contribution in [0.1, 0.15) is 5.56 Å². The van der Waals surface area contributed by atoms with Gasteiger partial charge in [0, 0.05) is 38.8 Å². The molecule has 0 atom stereocenters. The number of rotatable bonds is 5. The molecule has 2 aromatic rings. The molecule has 2 aliphatic heterocycles. The maximum absolute atomic E-state index is 13.6. The van der Waals surface area contributed by atoms with E-state index in [1.807, 2.05) is 18.2 Å². The summed E-state index contributed by atoms with van der Waals surface area (Å²) in [5.41, 5.74) is 1.09. The Morgan fingerprint density at radius 3 is 2.54 bits per heavy atom. The molecule has 28 heavy (non-hydrogen) atoms. The molecule has 0 aliphatic carbocycles. The molecule has 0 bridgehead atoms. The first-order valence-corrected chi connectivity index (χ1v) is 10.4. The number of sulfonamides is 1. The van der Waals surface area contributed by atoms with E-state index in [0.717, 1.165) is 23.1 Å². The lowest BCUT2D eigenvalue weighted by molar-refractivity contribution is 0.173. The lowest BCUT2D eigenvalue weighted by Crippen LogP contribution is -2.48. The van der Waals surface area contributed by atoms with Gasteiger partial charge in [-0.3, -0.25) is 4.90 Å². The summed E-state index contributed by atoms with van der Waals surface area (Å²) in [5.74, 6) is 0.816. The molecule has 0 amide bonds. The molecule has 0 saturated carbocycles. The summed E-state index contributed by atoms with van der Waals surface area (Å²) in [4.78, 5) is 2.23. The first-order chi connectivity index (χ1) is 13.5. The van der Waals surface area contributed by atoms with Crippen molar-refractivity contribution in [3.63, 3.8) is 0 Å². The highest BCUT2D eigenvalue weighted by Crippen LogP contribution is 2.33. The van der Waals surface area contributed by atoms with Crippen molar-refractivity contribution in [3.05, 3.63) is 47.8 Å². The van der Waals surface area contributed by atoms with Crippen LogP contribution in [-0.4, -0.2) is 57.7 Å². The van der Waals surface area contributed by atoms with E-state index >= 15 is 0 Å². The van der Waals surface area contributed by atoms with Gasteiger partial charge in [-0.15, -0.1) is 0 Å². The SMILES string of the molecule is COc1cc(S(=O)(=O)N2CCN(Cc3ccc4c(c3)OCO4)CC2)ccc1F. The summed E-state index contributed by atoms with van der Waals surface area (Å²) in [6.45, 7) is 2.88. The number of piperazine rings is 1. The zero-order valence-corrected chi connectivity index (χ0v) is 16.2. The van der Waals surface area contributed by atoms with Crippen LogP contribution in [0.4, 0.5) is 4.39 Å². The lowest BCUT2D eigenvalue weighted by Gasteiger charge is -2.34. The Bertz CT molecular complexity index is 974. The summed E-state index contributed by atoms with van der Waals surface area (Å²) in [5, 5.41) is 0. The van der Waals surface area contributed by atoms with Gasteiger partial charge in [-0.1, -0.05) is 6.07 Å². The van der Waals surface area contributed by atoms with E-state index < -0.39 is 15.8 Å². The van der Waals surface area contributed by atoms with Crippen LogP contribution in [0.25, 0.3) is 0 Å². The molecule has 1 fully saturated rings. The Kier molecular flexibility index (Phi) is 5.13. The van der Waals surface area contributed by atoms with Crippen molar-refractivity contribution >= 4 is 10.0 Å². The van der Waals surface area contributed by atoms with Gasteiger partial charge in [0.1, 0.15) is 0 Å². The lowest BCUT2D eigenvalue weighted by atomic mass is 10.2. The smallest absolute Gasteiger partial charge is 0.243 e. The van der Waals surface area contributed by atoms with Gasteiger partial charge in [0.25, 0.3) is 0 Å². The minimum absolute atomic E-state index is 0.0370. The Labute approximate surface area is 163 Å². The summed E-state index contributed by atoms with van der Waals surface area (Å²) in [6.07, 6.45) is 0. The number of halogens is 1. The number of methoxy groups -OCH3 is 1. The minimum Gasteiger partial charge on any atom is -0.494 e. The van der Waals surface area contributed by atoms with Crippen molar-refractivity contribution in [2.45, 2.75) is 11.4 Å². The Hall–Kier alpha value is -2.36. The summed E-state index contributed by atoms with van der Waals surface area (Å²) < 4.78 is 56.3. The van der Waals surface area contributed by atoms with Crippen molar-refractivity contribution in [1.29, 1.82) is 0 Å². The molecule has 2 aromatic carbocycles. The topological polar surface area (TPSA) is 68.3 Å². The molecule has 0 aromatic heterocycles. The molecule has 0 N–H and O–H groups in total. The quantitative estimate of drug-likeness (QED) is 0.755. The highest BCUT2D eigenvalue weighted by molar-refractivity contribution is 7.89. The minimum atomic E-state index is -3.69. The predicted octanol–water partition coefficient (Wildman–Crippen LogP) is 2.07. The standard InChI is InChI=1S/C19H21FN2O5S/c1-25-18-11-15(3-4-16(18)20)28(23,24)22-8-6-21(7-9-22)12-14-2-5-17-19(10-14)27-13-26-17/h2-5,10-11H,6-9,12-13H2,1H3. The van der Waals surface area contributed by atoms with E-state index in [9.17, 15) is 12.8 Å². The maximum Gasteiger partial charge on any atom is 0.243 e. The third-order valence-electron chi connectivity index (χ3n) is 4.93. The number of fused-ring (bicyclic) bond motifs is 1. The summed E-state index contributed by atoms with van der Waals surface area (Å²) >= 11 is 0. The summed E-state index contributed by atoms with van der Waals surface area (Å²) in [6, 6.07) is 9.44. The van der Waals surface area contributed by atoms with Gasteiger partial charge >= 0.3 is 0 Å². The molecule has 7 nitrogen and oxygen atoms in total. The van der Waals surface area contributed by atoms with Crippen LogP contribution >= 0.6 is 0 Å². The molecule has 0 unspecified atom stereocenters. The monoisotopic (exact) mass is 408 g/mol. The van der Waals surface area contributed by atoms with Crippen LogP contribution < -0.4 is 14.2 Å². The van der Waals surface area contributed by atoms with Crippen molar-refractivity contribution < 1.29 is 27.0 Å². The maximum atomic E-state index is 13.6. The largest absolute Gasteiger partial charge is 0.494 e. The molecule has 4 rings (SSSR count). The number of ether oxygens (including phenoxy) is 3. The molecule has 2 heterocycles. The van der Waals surface area contributed by atoms with Gasteiger partial charge < -0.3 is 14.2 Å². The van der Waals surface area contributed by atoms with Crippen molar-refractivity contribution in [2.24, 2.45) is 0 Å². The highest BCUT2D eigenvalue weighted by atomic mass is 32.2. The Balaban J connectivity index is 1.40. The van der Waals surface area contributed by atoms with Crippen LogP contribution in [0.3, 0.4) is 0 Å². The second kappa shape index (κ2) is 7.57. The van der Waals surface area contributed by atoms with Crippen molar-refractivity contribution in [3.8, 4) is 17.2 Å². The van der Waals surface area contributed by atoms with Gasteiger partial charge in [0.15, 0.2) is 23.1 Å². The second-order valence-corrected chi connectivity index (χ2v) is 8.60. The summed E-state index contributed by atoms with van der Waals surface area (Å²) in [7, 11) is -2.38. The van der Waals surface area contributed by atoms with Crippen LogP contribution in [0.5, 0.6) is 17.2 Å². The molecule has 2 aliphatic rings. The fourth-order valence-corrected chi connectivity index (χ4v) is 4.81. The number of nitrogens with zero attached hydrogens (tertiary/aromatic N) is 2.